The summed E-state index contributed by atoms with van der Waals surface area (Å²) in [4.78, 5) is 2.39. The minimum Gasteiger partial charge on any atom is -0.454 e. The maximum atomic E-state index is 6.27. The predicted octanol–water partition coefficient (Wildman–Crippen LogP) is 3.39. The lowest BCUT2D eigenvalue weighted by Crippen LogP contribution is -2.27. The summed E-state index contributed by atoms with van der Waals surface area (Å²) in [5, 5.41) is 0.824. The Balaban J connectivity index is 1.61. The van der Waals surface area contributed by atoms with Gasteiger partial charge in [0.05, 0.1) is 0 Å². The van der Waals surface area contributed by atoms with Crippen LogP contribution in [0.3, 0.4) is 0 Å². The van der Waals surface area contributed by atoms with Gasteiger partial charge in [-0.25, -0.2) is 0 Å². The Morgan fingerprint density at radius 3 is 2.87 bits per heavy atom. The molecule has 0 saturated carbocycles. The number of nitrogens with zero attached hydrogens (tertiary/aromatic N) is 1. The van der Waals surface area contributed by atoms with Crippen LogP contribution in [0.4, 0.5) is 0 Å². The standard InChI is InChI=1S/C18H19ClN2O2/c1-11-14-9-21(16(7-20)13(14)3-4-15(11)19)8-12-2-5-17-18(6-12)23-10-22-17/h2-6,16H,7-10,20H2,1H3. The lowest BCUT2D eigenvalue weighted by atomic mass is 10.0. The van der Waals surface area contributed by atoms with Gasteiger partial charge in [0.15, 0.2) is 11.5 Å². The van der Waals surface area contributed by atoms with Crippen LogP contribution in [0, 0.1) is 6.92 Å². The second kappa shape index (κ2) is 5.71. The van der Waals surface area contributed by atoms with Crippen molar-refractivity contribution in [1.29, 1.82) is 0 Å². The molecule has 1 atom stereocenters. The van der Waals surface area contributed by atoms with Crippen LogP contribution in [0.15, 0.2) is 30.3 Å². The third-order valence-electron chi connectivity index (χ3n) is 4.78. The van der Waals surface area contributed by atoms with E-state index >= 15 is 0 Å². The first-order valence-electron chi connectivity index (χ1n) is 7.78. The molecule has 23 heavy (non-hydrogen) atoms. The van der Waals surface area contributed by atoms with Crippen molar-refractivity contribution in [3.8, 4) is 11.5 Å². The van der Waals surface area contributed by atoms with Crippen molar-refractivity contribution in [2.24, 2.45) is 5.73 Å². The van der Waals surface area contributed by atoms with Gasteiger partial charge in [0, 0.05) is 30.7 Å². The van der Waals surface area contributed by atoms with Crippen molar-refractivity contribution in [1.82, 2.24) is 4.90 Å². The smallest absolute Gasteiger partial charge is 0.231 e. The molecule has 4 nitrogen and oxygen atoms in total. The molecule has 5 heteroatoms. The molecule has 2 aromatic rings. The molecular formula is C18H19ClN2O2. The van der Waals surface area contributed by atoms with Gasteiger partial charge >= 0.3 is 0 Å². The van der Waals surface area contributed by atoms with Crippen molar-refractivity contribution in [2.75, 3.05) is 13.3 Å². The molecule has 4 rings (SSSR count). The second-order valence-corrected chi connectivity index (χ2v) is 6.49. The van der Waals surface area contributed by atoms with Gasteiger partial charge in [0.2, 0.25) is 6.79 Å². The van der Waals surface area contributed by atoms with Gasteiger partial charge in [0.25, 0.3) is 0 Å². The lowest BCUT2D eigenvalue weighted by molar-refractivity contribution is 0.173. The summed E-state index contributed by atoms with van der Waals surface area (Å²) in [6.45, 7) is 4.68. The highest BCUT2D eigenvalue weighted by Crippen LogP contribution is 2.39. The molecule has 0 bridgehead atoms. The van der Waals surface area contributed by atoms with E-state index in [1.54, 1.807) is 0 Å². The van der Waals surface area contributed by atoms with Gasteiger partial charge in [-0.15, -0.1) is 0 Å². The van der Waals surface area contributed by atoms with E-state index in [1.165, 1.54) is 16.7 Å². The van der Waals surface area contributed by atoms with E-state index in [2.05, 4.69) is 30.0 Å². The molecule has 0 aliphatic carbocycles. The molecule has 0 saturated heterocycles. The molecule has 0 amide bonds. The fraction of sp³-hybridized carbons (Fsp3) is 0.333. The Kier molecular flexibility index (Phi) is 3.68. The van der Waals surface area contributed by atoms with E-state index in [4.69, 9.17) is 26.8 Å². The third-order valence-corrected chi connectivity index (χ3v) is 5.18. The summed E-state index contributed by atoms with van der Waals surface area (Å²) < 4.78 is 10.8. The molecule has 0 aromatic heterocycles. The summed E-state index contributed by atoms with van der Waals surface area (Å²) in [6.07, 6.45) is 0. The minimum absolute atomic E-state index is 0.228. The number of hydrogen-bond acceptors (Lipinski definition) is 4. The highest BCUT2D eigenvalue weighted by atomic mass is 35.5. The zero-order valence-corrected chi connectivity index (χ0v) is 13.8. The first-order chi connectivity index (χ1) is 11.2. The molecule has 120 valence electrons. The van der Waals surface area contributed by atoms with Crippen molar-refractivity contribution < 1.29 is 9.47 Å². The molecule has 0 radical (unpaired) electrons. The average molecular weight is 331 g/mol. The molecule has 2 heterocycles. The number of nitrogens with two attached hydrogens (primary N) is 1. The van der Waals surface area contributed by atoms with Gasteiger partial charge in [-0.05, 0) is 47.4 Å². The quantitative estimate of drug-likeness (QED) is 0.937. The van der Waals surface area contributed by atoms with Gasteiger partial charge < -0.3 is 15.2 Å². The first-order valence-corrected chi connectivity index (χ1v) is 8.15. The van der Waals surface area contributed by atoms with E-state index < -0.39 is 0 Å². The van der Waals surface area contributed by atoms with Crippen LogP contribution in [0.1, 0.15) is 28.3 Å². The second-order valence-electron chi connectivity index (χ2n) is 6.08. The van der Waals surface area contributed by atoms with Crippen LogP contribution < -0.4 is 15.2 Å². The largest absolute Gasteiger partial charge is 0.454 e. The normalized spacial score (nSPS) is 19.2. The Hall–Kier alpha value is -1.75. The molecule has 2 aromatic carbocycles. The van der Waals surface area contributed by atoms with E-state index in [0.717, 1.165) is 35.2 Å². The number of halogens is 1. The monoisotopic (exact) mass is 330 g/mol. The summed E-state index contributed by atoms with van der Waals surface area (Å²) in [6, 6.07) is 10.4. The van der Waals surface area contributed by atoms with Crippen LogP contribution in [0.5, 0.6) is 11.5 Å². The number of rotatable bonds is 3. The van der Waals surface area contributed by atoms with Crippen LogP contribution >= 0.6 is 11.6 Å². The molecule has 0 fully saturated rings. The van der Waals surface area contributed by atoms with Crippen LogP contribution in [-0.4, -0.2) is 18.2 Å². The van der Waals surface area contributed by atoms with Crippen LogP contribution in [0.25, 0.3) is 0 Å². The van der Waals surface area contributed by atoms with Crippen LogP contribution in [-0.2, 0) is 13.1 Å². The SMILES string of the molecule is Cc1c(Cl)ccc2c1CN(Cc1ccc3c(c1)OCO3)C2CN. The maximum absolute atomic E-state index is 6.27. The van der Waals surface area contributed by atoms with Gasteiger partial charge in [-0.1, -0.05) is 23.7 Å². The summed E-state index contributed by atoms with van der Waals surface area (Å²) in [5.41, 5.74) is 11.0. The van der Waals surface area contributed by atoms with Gasteiger partial charge in [-0.2, -0.15) is 0 Å². The average Bonchev–Trinajstić information content (AvgIpc) is 3.14. The maximum Gasteiger partial charge on any atom is 0.231 e. The van der Waals surface area contributed by atoms with Crippen LogP contribution in [0.2, 0.25) is 5.02 Å². The Labute approximate surface area is 140 Å². The minimum atomic E-state index is 0.228. The molecule has 1 unspecified atom stereocenters. The van der Waals surface area contributed by atoms with E-state index in [0.29, 0.717) is 13.3 Å². The zero-order valence-electron chi connectivity index (χ0n) is 13.0. The van der Waals surface area contributed by atoms with Gasteiger partial charge in [0.1, 0.15) is 0 Å². The highest BCUT2D eigenvalue weighted by Gasteiger charge is 2.31. The predicted molar refractivity (Wildman–Crippen MR) is 89.8 cm³/mol. The van der Waals surface area contributed by atoms with Crippen molar-refractivity contribution >= 4 is 11.6 Å². The molecular weight excluding hydrogens is 312 g/mol. The van der Waals surface area contributed by atoms with E-state index in [-0.39, 0.29) is 6.04 Å². The number of hydrogen-bond donors (Lipinski definition) is 1. The lowest BCUT2D eigenvalue weighted by Gasteiger charge is -2.23. The van der Waals surface area contributed by atoms with Gasteiger partial charge in [-0.3, -0.25) is 4.90 Å². The molecule has 2 aliphatic heterocycles. The molecule has 2 aliphatic rings. The van der Waals surface area contributed by atoms with E-state index in [9.17, 15) is 0 Å². The Morgan fingerprint density at radius 1 is 1.22 bits per heavy atom. The topological polar surface area (TPSA) is 47.7 Å². The first kappa shape index (κ1) is 14.8. The summed E-state index contributed by atoms with van der Waals surface area (Å²) >= 11 is 6.27. The highest BCUT2D eigenvalue weighted by molar-refractivity contribution is 6.31. The van der Waals surface area contributed by atoms with Crippen molar-refractivity contribution in [2.45, 2.75) is 26.1 Å². The number of fused-ring (bicyclic) bond motifs is 2. The number of benzene rings is 2. The summed E-state index contributed by atoms with van der Waals surface area (Å²) in [5.74, 6) is 1.64. The Bertz CT molecular complexity index is 763. The third kappa shape index (κ3) is 2.47. The van der Waals surface area contributed by atoms with Crippen molar-refractivity contribution in [3.05, 3.63) is 57.6 Å². The van der Waals surface area contributed by atoms with E-state index in [1.807, 2.05) is 12.1 Å². The van der Waals surface area contributed by atoms with Crippen molar-refractivity contribution in [3.63, 3.8) is 0 Å². The Morgan fingerprint density at radius 2 is 2.04 bits per heavy atom. The summed E-state index contributed by atoms with van der Waals surface area (Å²) in [7, 11) is 0. The zero-order chi connectivity index (χ0) is 16.0. The fourth-order valence-corrected chi connectivity index (χ4v) is 3.67. The molecule has 0 spiro atoms. The fourth-order valence-electron chi connectivity index (χ4n) is 3.50. The number of ether oxygens (including phenoxy) is 2. The molecule has 2 N–H and O–H groups in total.